The molecular weight excluding hydrogens is 358 g/mol. The molecule has 5 nitrogen and oxygen atoms in total. The molecule has 0 saturated carbocycles. The van der Waals surface area contributed by atoms with Gasteiger partial charge < -0.3 is 15.0 Å². The molecule has 1 atom stereocenters. The summed E-state index contributed by atoms with van der Waals surface area (Å²) in [5.74, 6) is 0. The van der Waals surface area contributed by atoms with Crippen molar-refractivity contribution in [1.29, 1.82) is 0 Å². The average Bonchev–Trinajstić information content (AvgIpc) is 2.80. The maximum absolute atomic E-state index is 12.0. The molecule has 0 aliphatic carbocycles. The summed E-state index contributed by atoms with van der Waals surface area (Å²) >= 11 is 9.21. The second kappa shape index (κ2) is 6.40. The Kier molecular flexibility index (Phi) is 4.99. The van der Waals surface area contributed by atoms with E-state index in [4.69, 9.17) is 16.3 Å². The van der Waals surface area contributed by atoms with Crippen LogP contribution in [0.1, 0.15) is 27.2 Å². The Hall–Kier alpha value is -1.01. The minimum atomic E-state index is -0.465. The molecule has 1 N–H and O–H groups in total. The van der Waals surface area contributed by atoms with Crippen molar-refractivity contribution in [3.8, 4) is 0 Å². The SMILES string of the molecule is CC(C)(C)OC(=O)N1CCC(Nc2cnc(Cl)c(Br)c2)C1. The summed E-state index contributed by atoms with van der Waals surface area (Å²) in [6.45, 7) is 6.92. The van der Waals surface area contributed by atoms with Gasteiger partial charge in [0, 0.05) is 19.1 Å². The Morgan fingerprint density at radius 1 is 1.57 bits per heavy atom. The molecule has 2 heterocycles. The standard InChI is InChI=1S/C14H19BrClN3O2/c1-14(2,3)21-13(20)19-5-4-9(8-19)18-10-6-11(15)12(16)17-7-10/h6-7,9,18H,4-5,8H2,1-3H3. The van der Waals surface area contributed by atoms with Crippen molar-refractivity contribution in [2.24, 2.45) is 0 Å². The minimum absolute atomic E-state index is 0.187. The van der Waals surface area contributed by atoms with Gasteiger partial charge in [0.05, 0.1) is 16.4 Å². The van der Waals surface area contributed by atoms with Crippen LogP contribution < -0.4 is 5.32 Å². The smallest absolute Gasteiger partial charge is 0.410 e. The first-order valence-electron chi connectivity index (χ1n) is 6.80. The quantitative estimate of drug-likeness (QED) is 0.795. The molecule has 1 saturated heterocycles. The number of carbonyl (C=O) groups is 1. The van der Waals surface area contributed by atoms with Crippen molar-refractivity contribution in [1.82, 2.24) is 9.88 Å². The third-order valence-electron chi connectivity index (χ3n) is 3.01. The largest absolute Gasteiger partial charge is 0.444 e. The van der Waals surface area contributed by atoms with Crippen LogP contribution in [0.15, 0.2) is 16.7 Å². The molecule has 1 aromatic heterocycles. The van der Waals surface area contributed by atoms with Crippen molar-refractivity contribution in [3.05, 3.63) is 21.9 Å². The lowest BCUT2D eigenvalue weighted by Gasteiger charge is -2.24. The fourth-order valence-corrected chi connectivity index (χ4v) is 2.56. The van der Waals surface area contributed by atoms with E-state index in [9.17, 15) is 4.79 Å². The topological polar surface area (TPSA) is 54.5 Å². The molecule has 1 aliphatic rings. The lowest BCUT2D eigenvalue weighted by atomic mass is 10.2. The number of hydrogen-bond donors (Lipinski definition) is 1. The van der Waals surface area contributed by atoms with Crippen molar-refractivity contribution in [2.75, 3.05) is 18.4 Å². The van der Waals surface area contributed by atoms with E-state index >= 15 is 0 Å². The Balaban J connectivity index is 1.90. The maximum atomic E-state index is 12.0. The highest BCUT2D eigenvalue weighted by Gasteiger charge is 2.29. The second-order valence-electron chi connectivity index (χ2n) is 6.05. The van der Waals surface area contributed by atoms with Crippen LogP contribution in [0.4, 0.5) is 10.5 Å². The molecule has 21 heavy (non-hydrogen) atoms. The number of nitrogens with one attached hydrogen (secondary N) is 1. The molecule has 116 valence electrons. The molecule has 0 bridgehead atoms. The van der Waals surface area contributed by atoms with E-state index < -0.39 is 5.60 Å². The Morgan fingerprint density at radius 3 is 2.90 bits per heavy atom. The molecule has 2 rings (SSSR count). The van der Waals surface area contributed by atoms with Gasteiger partial charge in [-0.05, 0) is 49.2 Å². The zero-order valence-electron chi connectivity index (χ0n) is 12.3. The van der Waals surface area contributed by atoms with Gasteiger partial charge in [-0.2, -0.15) is 0 Å². The summed E-state index contributed by atoms with van der Waals surface area (Å²) in [7, 11) is 0. The number of amides is 1. The van der Waals surface area contributed by atoms with Gasteiger partial charge in [0.2, 0.25) is 0 Å². The van der Waals surface area contributed by atoms with E-state index in [2.05, 4.69) is 26.2 Å². The first-order valence-corrected chi connectivity index (χ1v) is 7.97. The number of ether oxygens (including phenoxy) is 1. The van der Waals surface area contributed by atoms with Crippen LogP contribution >= 0.6 is 27.5 Å². The number of hydrogen-bond acceptors (Lipinski definition) is 4. The number of anilines is 1. The highest BCUT2D eigenvalue weighted by Crippen LogP contribution is 2.24. The zero-order chi connectivity index (χ0) is 15.6. The minimum Gasteiger partial charge on any atom is -0.444 e. The van der Waals surface area contributed by atoms with E-state index in [0.717, 1.165) is 16.6 Å². The van der Waals surface area contributed by atoms with Gasteiger partial charge in [0.1, 0.15) is 10.8 Å². The van der Waals surface area contributed by atoms with E-state index in [0.29, 0.717) is 18.2 Å². The van der Waals surface area contributed by atoms with Crippen LogP contribution in [0.3, 0.4) is 0 Å². The van der Waals surface area contributed by atoms with Crippen LogP contribution in [-0.4, -0.2) is 40.7 Å². The predicted octanol–water partition coefficient (Wildman–Crippen LogP) is 3.92. The molecule has 0 aromatic carbocycles. The monoisotopic (exact) mass is 375 g/mol. The fourth-order valence-electron chi connectivity index (χ4n) is 2.11. The molecule has 1 fully saturated rings. The van der Waals surface area contributed by atoms with E-state index in [1.807, 2.05) is 26.8 Å². The molecule has 1 aromatic rings. The highest BCUT2D eigenvalue weighted by atomic mass is 79.9. The normalized spacial score (nSPS) is 18.7. The van der Waals surface area contributed by atoms with Crippen molar-refractivity contribution < 1.29 is 9.53 Å². The average molecular weight is 377 g/mol. The van der Waals surface area contributed by atoms with Crippen LogP contribution in [-0.2, 0) is 4.74 Å². The Labute approximate surface area is 138 Å². The first kappa shape index (κ1) is 16.4. The molecule has 7 heteroatoms. The number of halogens is 2. The lowest BCUT2D eigenvalue weighted by molar-refractivity contribution is 0.0293. The van der Waals surface area contributed by atoms with Crippen molar-refractivity contribution >= 4 is 39.3 Å². The predicted molar refractivity (Wildman–Crippen MR) is 86.8 cm³/mol. The number of nitrogens with zero attached hydrogens (tertiary/aromatic N) is 2. The van der Waals surface area contributed by atoms with E-state index in [1.54, 1.807) is 11.1 Å². The summed E-state index contributed by atoms with van der Waals surface area (Å²) in [6.07, 6.45) is 2.30. The fraction of sp³-hybridized carbons (Fsp3) is 0.571. The second-order valence-corrected chi connectivity index (χ2v) is 7.27. The number of likely N-dealkylation sites (tertiary alicyclic amines) is 1. The van der Waals surface area contributed by atoms with Crippen molar-refractivity contribution in [3.63, 3.8) is 0 Å². The van der Waals surface area contributed by atoms with Crippen molar-refractivity contribution in [2.45, 2.75) is 38.8 Å². The van der Waals surface area contributed by atoms with Gasteiger partial charge in [-0.3, -0.25) is 0 Å². The number of aromatic nitrogens is 1. The Bertz CT molecular complexity index is 533. The molecule has 1 unspecified atom stereocenters. The summed E-state index contributed by atoms with van der Waals surface area (Å²) in [5.41, 5.74) is 0.412. The third kappa shape index (κ3) is 4.74. The summed E-state index contributed by atoms with van der Waals surface area (Å²) in [6, 6.07) is 2.07. The molecule has 1 aliphatic heterocycles. The van der Waals surface area contributed by atoms with Crippen LogP contribution in [0, 0.1) is 0 Å². The van der Waals surface area contributed by atoms with Crippen LogP contribution in [0.5, 0.6) is 0 Å². The Morgan fingerprint density at radius 2 is 2.29 bits per heavy atom. The molecule has 1 amide bonds. The van der Waals surface area contributed by atoms with Gasteiger partial charge in [0.25, 0.3) is 0 Å². The molecule has 0 radical (unpaired) electrons. The maximum Gasteiger partial charge on any atom is 0.410 e. The van der Waals surface area contributed by atoms with Gasteiger partial charge in [-0.25, -0.2) is 9.78 Å². The van der Waals surface area contributed by atoms with Crippen LogP contribution in [0.2, 0.25) is 5.15 Å². The van der Waals surface area contributed by atoms with Gasteiger partial charge in [0.15, 0.2) is 0 Å². The molecular formula is C14H19BrClN3O2. The number of rotatable bonds is 2. The zero-order valence-corrected chi connectivity index (χ0v) is 14.7. The summed E-state index contributed by atoms with van der Waals surface area (Å²) < 4.78 is 6.12. The number of carbonyl (C=O) groups excluding carboxylic acids is 1. The van der Waals surface area contributed by atoms with Gasteiger partial charge in [-0.1, -0.05) is 11.6 Å². The third-order valence-corrected chi connectivity index (χ3v) is 4.14. The summed E-state index contributed by atoms with van der Waals surface area (Å²) in [4.78, 5) is 17.8. The lowest BCUT2D eigenvalue weighted by Crippen LogP contribution is -2.36. The highest BCUT2D eigenvalue weighted by molar-refractivity contribution is 9.10. The van der Waals surface area contributed by atoms with Gasteiger partial charge >= 0.3 is 6.09 Å². The van der Waals surface area contributed by atoms with E-state index in [1.165, 1.54) is 0 Å². The van der Waals surface area contributed by atoms with E-state index in [-0.39, 0.29) is 12.1 Å². The number of pyridine rings is 1. The first-order chi connectivity index (χ1) is 9.74. The van der Waals surface area contributed by atoms with Crippen LogP contribution in [0.25, 0.3) is 0 Å². The summed E-state index contributed by atoms with van der Waals surface area (Å²) in [5, 5.41) is 3.79. The molecule has 0 spiro atoms. The van der Waals surface area contributed by atoms with Gasteiger partial charge in [-0.15, -0.1) is 0 Å².